The number of nitrogens with zero attached hydrogens (tertiary/aromatic N) is 2. The van der Waals surface area contributed by atoms with Gasteiger partial charge in [-0.25, -0.2) is 8.42 Å². The van der Waals surface area contributed by atoms with E-state index < -0.39 is 10.0 Å². The van der Waals surface area contributed by atoms with Crippen LogP contribution >= 0.6 is 15.9 Å². The highest BCUT2D eigenvalue weighted by Crippen LogP contribution is 2.17. The molecule has 6 heteroatoms. The third-order valence-corrected chi connectivity index (χ3v) is 5.36. The van der Waals surface area contributed by atoms with E-state index in [-0.39, 0.29) is 6.54 Å². The van der Waals surface area contributed by atoms with E-state index in [9.17, 15) is 8.42 Å². The topological polar surface area (TPSA) is 50.3 Å². The molecule has 0 atom stereocenters. The smallest absolute Gasteiger partial charge is 0.243 e. The first kappa shape index (κ1) is 15.2. The van der Waals surface area contributed by atoms with Crippen molar-refractivity contribution in [2.75, 3.05) is 7.05 Å². The van der Waals surface area contributed by atoms with E-state index in [4.69, 9.17) is 0 Å². The van der Waals surface area contributed by atoms with E-state index in [1.807, 2.05) is 6.07 Å². The van der Waals surface area contributed by atoms with E-state index in [1.165, 1.54) is 4.31 Å². The number of hydrogen-bond acceptors (Lipinski definition) is 3. The molecule has 0 spiro atoms. The summed E-state index contributed by atoms with van der Waals surface area (Å²) >= 11 is 3.34. The van der Waals surface area contributed by atoms with Crippen LogP contribution in [0.2, 0.25) is 0 Å². The molecule has 0 unspecified atom stereocenters. The van der Waals surface area contributed by atoms with Crippen LogP contribution < -0.4 is 0 Å². The summed E-state index contributed by atoms with van der Waals surface area (Å²) in [5.41, 5.74) is 1.76. The number of aromatic nitrogens is 1. The Balaban J connectivity index is 2.20. The van der Waals surface area contributed by atoms with Crippen molar-refractivity contribution < 1.29 is 8.42 Å². The highest BCUT2D eigenvalue weighted by molar-refractivity contribution is 9.08. The van der Waals surface area contributed by atoms with Gasteiger partial charge in [-0.05, 0) is 29.8 Å². The molecule has 106 valence electrons. The lowest BCUT2D eigenvalue weighted by atomic mass is 10.2. The predicted molar refractivity (Wildman–Crippen MR) is 82.0 cm³/mol. The summed E-state index contributed by atoms with van der Waals surface area (Å²) < 4.78 is 26.1. The van der Waals surface area contributed by atoms with Crippen LogP contribution in [0.15, 0.2) is 53.6 Å². The Morgan fingerprint density at radius 1 is 1.15 bits per heavy atom. The highest BCUT2D eigenvalue weighted by Gasteiger charge is 2.20. The van der Waals surface area contributed by atoms with Crippen molar-refractivity contribution in [3.8, 4) is 0 Å². The molecule has 2 rings (SSSR count). The Labute approximate surface area is 127 Å². The molecule has 0 aliphatic heterocycles. The van der Waals surface area contributed by atoms with Gasteiger partial charge in [0.05, 0.1) is 17.1 Å². The first-order valence-electron chi connectivity index (χ1n) is 6.05. The average molecular weight is 355 g/mol. The summed E-state index contributed by atoms with van der Waals surface area (Å²) in [7, 11) is -1.93. The van der Waals surface area contributed by atoms with Gasteiger partial charge in [0.2, 0.25) is 10.0 Å². The van der Waals surface area contributed by atoms with Crippen molar-refractivity contribution in [2.45, 2.75) is 16.8 Å². The fourth-order valence-corrected chi connectivity index (χ4v) is 3.25. The van der Waals surface area contributed by atoms with Crippen molar-refractivity contribution in [1.29, 1.82) is 0 Å². The Kier molecular flexibility index (Phi) is 4.91. The largest absolute Gasteiger partial charge is 0.260 e. The predicted octanol–water partition coefficient (Wildman–Crippen LogP) is 2.80. The second-order valence-electron chi connectivity index (χ2n) is 4.36. The summed E-state index contributed by atoms with van der Waals surface area (Å²) in [6.45, 7) is 0.253. The fraction of sp³-hybridized carbons (Fsp3) is 0.214. The van der Waals surface area contributed by atoms with Gasteiger partial charge >= 0.3 is 0 Å². The minimum Gasteiger partial charge on any atom is -0.260 e. The van der Waals surface area contributed by atoms with Gasteiger partial charge in [-0.2, -0.15) is 4.31 Å². The normalized spacial score (nSPS) is 11.8. The summed E-state index contributed by atoms with van der Waals surface area (Å²) in [6, 6.07) is 12.3. The number of pyridine rings is 1. The van der Waals surface area contributed by atoms with Gasteiger partial charge in [0.25, 0.3) is 0 Å². The van der Waals surface area contributed by atoms with Gasteiger partial charge in [0.15, 0.2) is 0 Å². The van der Waals surface area contributed by atoms with Crippen LogP contribution in [0.4, 0.5) is 0 Å². The molecule has 1 heterocycles. The van der Waals surface area contributed by atoms with Crippen LogP contribution in [0.3, 0.4) is 0 Å². The molecule has 1 aromatic carbocycles. The zero-order valence-corrected chi connectivity index (χ0v) is 13.4. The van der Waals surface area contributed by atoms with Crippen molar-refractivity contribution >= 4 is 26.0 Å². The van der Waals surface area contributed by atoms with Crippen LogP contribution in [-0.4, -0.2) is 24.8 Å². The van der Waals surface area contributed by atoms with Gasteiger partial charge in [0.1, 0.15) is 0 Å². The van der Waals surface area contributed by atoms with Crippen LogP contribution in [0.5, 0.6) is 0 Å². The fourth-order valence-electron chi connectivity index (χ4n) is 1.74. The number of benzene rings is 1. The second kappa shape index (κ2) is 6.47. The third-order valence-electron chi connectivity index (χ3n) is 2.90. The maximum atomic E-state index is 12.4. The second-order valence-corrected chi connectivity index (χ2v) is 6.97. The average Bonchev–Trinajstić information content (AvgIpc) is 2.48. The molecule has 0 aliphatic carbocycles. The molecule has 1 aromatic heterocycles. The van der Waals surface area contributed by atoms with Crippen molar-refractivity contribution in [1.82, 2.24) is 9.29 Å². The zero-order chi connectivity index (χ0) is 14.6. The van der Waals surface area contributed by atoms with Crippen LogP contribution in [0.1, 0.15) is 11.3 Å². The Bertz CT molecular complexity index is 657. The maximum Gasteiger partial charge on any atom is 0.243 e. The van der Waals surface area contributed by atoms with Gasteiger partial charge in [0, 0.05) is 18.6 Å². The SMILES string of the molecule is CN(Cc1ccccn1)S(=O)(=O)c1ccc(CBr)cc1. The Morgan fingerprint density at radius 2 is 1.85 bits per heavy atom. The van der Waals surface area contributed by atoms with Gasteiger partial charge in [-0.3, -0.25) is 4.98 Å². The molecule has 0 aliphatic rings. The molecular formula is C14H15BrN2O2S. The number of alkyl halides is 1. The van der Waals surface area contributed by atoms with Crippen molar-refractivity contribution in [3.05, 3.63) is 59.9 Å². The molecule has 0 saturated heterocycles. The van der Waals surface area contributed by atoms with Crippen LogP contribution in [0, 0.1) is 0 Å². The highest BCUT2D eigenvalue weighted by atomic mass is 79.9. The number of halogens is 1. The molecular weight excluding hydrogens is 340 g/mol. The minimum atomic E-state index is -3.48. The lowest BCUT2D eigenvalue weighted by Crippen LogP contribution is -2.26. The maximum absolute atomic E-state index is 12.4. The number of rotatable bonds is 5. The number of hydrogen-bond donors (Lipinski definition) is 0. The van der Waals surface area contributed by atoms with Crippen LogP contribution in [-0.2, 0) is 21.9 Å². The van der Waals surface area contributed by atoms with E-state index in [1.54, 1.807) is 49.6 Å². The van der Waals surface area contributed by atoms with Gasteiger partial charge < -0.3 is 0 Å². The quantitative estimate of drug-likeness (QED) is 0.775. The first-order chi connectivity index (χ1) is 9.54. The lowest BCUT2D eigenvalue weighted by molar-refractivity contribution is 0.462. The first-order valence-corrected chi connectivity index (χ1v) is 8.61. The van der Waals surface area contributed by atoms with E-state index in [0.717, 1.165) is 11.3 Å². The molecule has 0 radical (unpaired) electrons. The molecule has 4 nitrogen and oxygen atoms in total. The van der Waals surface area contributed by atoms with E-state index in [0.29, 0.717) is 10.2 Å². The molecule has 0 N–H and O–H groups in total. The molecule has 0 bridgehead atoms. The van der Waals surface area contributed by atoms with Gasteiger partial charge in [-0.15, -0.1) is 0 Å². The summed E-state index contributed by atoms with van der Waals surface area (Å²) in [5.74, 6) is 0. The van der Waals surface area contributed by atoms with Gasteiger partial charge in [-0.1, -0.05) is 34.1 Å². The molecule has 0 amide bonds. The van der Waals surface area contributed by atoms with Crippen molar-refractivity contribution in [3.63, 3.8) is 0 Å². The summed E-state index contributed by atoms with van der Waals surface area (Å²) in [5, 5.41) is 0.705. The molecule has 0 saturated carbocycles. The van der Waals surface area contributed by atoms with Crippen LogP contribution in [0.25, 0.3) is 0 Å². The Morgan fingerprint density at radius 3 is 2.40 bits per heavy atom. The summed E-state index contributed by atoms with van der Waals surface area (Å²) in [6.07, 6.45) is 1.65. The zero-order valence-electron chi connectivity index (χ0n) is 11.0. The molecule has 20 heavy (non-hydrogen) atoms. The standard InChI is InChI=1S/C14H15BrN2O2S/c1-17(11-13-4-2-3-9-16-13)20(18,19)14-7-5-12(10-15)6-8-14/h2-9H,10-11H2,1H3. The van der Waals surface area contributed by atoms with E-state index >= 15 is 0 Å². The third kappa shape index (κ3) is 3.45. The van der Waals surface area contributed by atoms with Crippen molar-refractivity contribution in [2.24, 2.45) is 0 Å². The number of sulfonamides is 1. The molecule has 2 aromatic rings. The minimum absolute atomic E-state index is 0.253. The Hall–Kier alpha value is -1.24. The van der Waals surface area contributed by atoms with E-state index in [2.05, 4.69) is 20.9 Å². The lowest BCUT2D eigenvalue weighted by Gasteiger charge is -2.16. The monoisotopic (exact) mass is 354 g/mol. The summed E-state index contributed by atoms with van der Waals surface area (Å²) in [4.78, 5) is 4.43. The molecule has 0 fully saturated rings.